The van der Waals surface area contributed by atoms with Crippen molar-refractivity contribution >= 4 is 27.7 Å². The van der Waals surface area contributed by atoms with Crippen molar-refractivity contribution in [2.75, 3.05) is 6.61 Å². The Morgan fingerprint density at radius 3 is 2.70 bits per heavy atom. The molecule has 3 aromatic carbocycles. The molecule has 0 atom stereocenters. The molecule has 30 heavy (non-hydrogen) atoms. The second-order valence-corrected chi connectivity index (χ2v) is 7.87. The minimum Gasteiger partial charge on any atom is -0.494 e. The van der Waals surface area contributed by atoms with E-state index in [9.17, 15) is 4.79 Å². The Balaban J connectivity index is 1.24. The Kier molecular flexibility index (Phi) is 5.10. The number of aryl methyl sites for hydroxylation is 1. The SMILES string of the molecule is O=C(NCc1nc2ccccc2n1CCCOc1ccc2ccccc2c1)C1CC1. The van der Waals surface area contributed by atoms with E-state index in [1.165, 1.54) is 10.8 Å². The molecule has 1 aromatic heterocycles. The topological polar surface area (TPSA) is 56.2 Å². The molecule has 0 unspecified atom stereocenters. The lowest BCUT2D eigenvalue weighted by Gasteiger charge is -2.11. The summed E-state index contributed by atoms with van der Waals surface area (Å²) < 4.78 is 8.20. The first-order valence-corrected chi connectivity index (χ1v) is 10.6. The van der Waals surface area contributed by atoms with Crippen LogP contribution in [-0.4, -0.2) is 22.1 Å². The van der Waals surface area contributed by atoms with Gasteiger partial charge in [0.1, 0.15) is 11.6 Å². The van der Waals surface area contributed by atoms with Crippen LogP contribution in [-0.2, 0) is 17.9 Å². The number of hydrogen-bond donors (Lipinski definition) is 1. The van der Waals surface area contributed by atoms with Crippen molar-refractivity contribution in [1.82, 2.24) is 14.9 Å². The van der Waals surface area contributed by atoms with Crippen molar-refractivity contribution in [3.8, 4) is 5.75 Å². The molecule has 1 heterocycles. The molecule has 1 aliphatic rings. The predicted octanol–water partition coefficient (Wildman–Crippen LogP) is 4.68. The highest BCUT2D eigenvalue weighted by Gasteiger charge is 2.29. The zero-order valence-corrected chi connectivity index (χ0v) is 16.9. The quantitative estimate of drug-likeness (QED) is 0.438. The molecule has 0 bridgehead atoms. The number of para-hydroxylation sites is 2. The number of rotatable bonds is 8. The summed E-state index contributed by atoms with van der Waals surface area (Å²) in [5.74, 6) is 2.14. The highest BCUT2D eigenvalue weighted by Crippen LogP contribution is 2.29. The molecule has 1 saturated carbocycles. The average Bonchev–Trinajstić information content (AvgIpc) is 3.57. The fourth-order valence-electron chi connectivity index (χ4n) is 3.84. The third-order valence-corrected chi connectivity index (χ3v) is 5.62. The summed E-state index contributed by atoms with van der Waals surface area (Å²) in [4.78, 5) is 16.8. The third-order valence-electron chi connectivity index (χ3n) is 5.62. The standard InChI is InChI=1S/C25H25N3O2/c29-25(19-10-11-19)26-17-24-27-22-8-3-4-9-23(22)28(24)14-5-15-30-21-13-12-18-6-1-2-7-20(18)16-21/h1-4,6-9,12-13,16,19H,5,10-11,14-15,17H2,(H,26,29). The van der Waals surface area contributed by atoms with Gasteiger partial charge in [-0.05, 0) is 54.3 Å². The molecule has 1 aliphatic carbocycles. The van der Waals surface area contributed by atoms with Gasteiger partial charge in [0.2, 0.25) is 5.91 Å². The third kappa shape index (κ3) is 4.01. The Bertz CT molecular complexity index is 1190. The fourth-order valence-corrected chi connectivity index (χ4v) is 3.84. The van der Waals surface area contributed by atoms with E-state index in [4.69, 9.17) is 9.72 Å². The van der Waals surface area contributed by atoms with Gasteiger partial charge in [0.25, 0.3) is 0 Å². The first-order chi connectivity index (χ1) is 14.8. The normalized spacial score (nSPS) is 13.6. The van der Waals surface area contributed by atoms with Gasteiger partial charge in [-0.25, -0.2) is 4.98 Å². The number of hydrogen-bond acceptors (Lipinski definition) is 3. The lowest BCUT2D eigenvalue weighted by molar-refractivity contribution is -0.122. The number of carbonyl (C=O) groups is 1. The molecule has 152 valence electrons. The Hall–Kier alpha value is -3.34. The van der Waals surface area contributed by atoms with Crippen molar-refractivity contribution < 1.29 is 9.53 Å². The highest BCUT2D eigenvalue weighted by molar-refractivity contribution is 5.83. The maximum Gasteiger partial charge on any atom is 0.223 e. The monoisotopic (exact) mass is 399 g/mol. The number of aromatic nitrogens is 2. The molecule has 1 fully saturated rings. The van der Waals surface area contributed by atoms with Gasteiger partial charge < -0.3 is 14.6 Å². The summed E-state index contributed by atoms with van der Waals surface area (Å²) in [6.45, 7) is 1.89. The largest absolute Gasteiger partial charge is 0.494 e. The number of amides is 1. The maximum absolute atomic E-state index is 12.0. The zero-order chi connectivity index (χ0) is 20.3. The van der Waals surface area contributed by atoms with E-state index in [0.29, 0.717) is 13.2 Å². The van der Waals surface area contributed by atoms with Gasteiger partial charge in [-0.15, -0.1) is 0 Å². The zero-order valence-electron chi connectivity index (χ0n) is 16.9. The lowest BCUT2D eigenvalue weighted by atomic mass is 10.1. The van der Waals surface area contributed by atoms with Crippen LogP contribution in [0.3, 0.4) is 0 Å². The van der Waals surface area contributed by atoms with Gasteiger partial charge in [0.15, 0.2) is 0 Å². The summed E-state index contributed by atoms with van der Waals surface area (Å²) >= 11 is 0. The van der Waals surface area contributed by atoms with E-state index < -0.39 is 0 Å². The molecule has 0 radical (unpaired) electrons. The van der Waals surface area contributed by atoms with Crippen molar-refractivity contribution in [2.45, 2.75) is 32.4 Å². The summed E-state index contributed by atoms with van der Waals surface area (Å²) in [7, 11) is 0. The van der Waals surface area contributed by atoms with Gasteiger partial charge in [0, 0.05) is 12.5 Å². The minimum atomic E-state index is 0.147. The van der Waals surface area contributed by atoms with E-state index in [0.717, 1.165) is 48.4 Å². The van der Waals surface area contributed by atoms with Crippen LogP contribution in [0.2, 0.25) is 0 Å². The number of ether oxygens (including phenoxy) is 1. The molecule has 0 spiro atoms. The molecule has 1 N–H and O–H groups in total. The van der Waals surface area contributed by atoms with Crippen molar-refractivity contribution in [2.24, 2.45) is 5.92 Å². The number of nitrogens with zero attached hydrogens (tertiary/aromatic N) is 2. The lowest BCUT2D eigenvalue weighted by Crippen LogP contribution is -2.26. The van der Waals surface area contributed by atoms with E-state index in [-0.39, 0.29) is 11.8 Å². The average molecular weight is 399 g/mol. The van der Waals surface area contributed by atoms with Gasteiger partial charge in [0.05, 0.1) is 24.2 Å². The number of imidazole rings is 1. The minimum absolute atomic E-state index is 0.147. The van der Waals surface area contributed by atoms with Crippen LogP contribution in [0.1, 0.15) is 25.1 Å². The fraction of sp³-hybridized carbons (Fsp3) is 0.280. The molecule has 0 saturated heterocycles. The van der Waals surface area contributed by atoms with Crippen LogP contribution in [0.15, 0.2) is 66.7 Å². The first-order valence-electron chi connectivity index (χ1n) is 10.6. The Morgan fingerprint density at radius 1 is 1.03 bits per heavy atom. The van der Waals surface area contributed by atoms with Gasteiger partial charge in [-0.3, -0.25) is 4.79 Å². The first kappa shape index (κ1) is 18.7. The van der Waals surface area contributed by atoms with E-state index >= 15 is 0 Å². The van der Waals surface area contributed by atoms with Crippen molar-refractivity contribution in [3.05, 3.63) is 72.6 Å². The van der Waals surface area contributed by atoms with Crippen molar-refractivity contribution in [1.29, 1.82) is 0 Å². The summed E-state index contributed by atoms with van der Waals surface area (Å²) in [6.07, 6.45) is 2.87. The predicted molar refractivity (Wildman–Crippen MR) is 118 cm³/mol. The summed E-state index contributed by atoms with van der Waals surface area (Å²) in [5.41, 5.74) is 2.06. The number of nitrogens with one attached hydrogen (secondary N) is 1. The molecule has 5 heteroatoms. The molecular formula is C25H25N3O2. The molecule has 1 amide bonds. The van der Waals surface area contributed by atoms with Gasteiger partial charge >= 0.3 is 0 Å². The number of benzene rings is 3. The van der Waals surface area contributed by atoms with Crippen LogP contribution in [0, 0.1) is 5.92 Å². The number of fused-ring (bicyclic) bond motifs is 2. The second-order valence-electron chi connectivity index (χ2n) is 7.87. The number of carbonyl (C=O) groups excluding carboxylic acids is 1. The highest BCUT2D eigenvalue weighted by atomic mass is 16.5. The van der Waals surface area contributed by atoms with Crippen LogP contribution in [0.25, 0.3) is 21.8 Å². The van der Waals surface area contributed by atoms with E-state index in [2.05, 4.69) is 40.2 Å². The van der Waals surface area contributed by atoms with Gasteiger partial charge in [-0.1, -0.05) is 42.5 Å². The smallest absolute Gasteiger partial charge is 0.223 e. The van der Waals surface area contributed by atoms with E-state index in [1.807, 2.05) is 36.4 Å². The molecule has 0 aliphatic heterocycles. The molecule has 5 rings (SSSR count). The van der Waals surface area contributed by atoms with Crippen LogP contribution >= 0.6 is 0 Å². The maximum atomic E-state index is 12.0. The van der Waals surface area contributed by atoms with Crippen LogP contribution in [0.4, 0.5) is 0 Å². The molecular weight excluding hydrogens is 374 g/mol. The Labute approximate surface area is 175 Å². The Morgan fingerprint density at radius 2 is 1.83 bits per heavy atom. The van der Waals surface area contributed by atoms with Gasteiger partial charge in [-0.2, -0.15) is 0 Å². The van der Waals surface area contributed by atoms with Crippen LogP contribution in [0.5, 0.6) is 5.75 Å². The van der Waals surface area contributed by atoms with E-state index in [1.54, 1.807) is 0 Å². The molecule has 5 nitrogen and oxygen atoms in total. The molecule has 4 aromatic rings. The van der Waals surface area contributed by atoms with Crippen LogP contribution < -0.4 is 10.1 Å². The van der Waals surface area contributed by atoms with Crippen molar-refractivity contribution in [3.63, 3.8) is 0 Å². The second kappa shape index (κ2) is 8.19. The summed E-state index contributed by atoms with van der Waals surface area (Å²) in [6, 6.07) is 22.6. The summed E-state index contributed by atoms with van der Waals surface area (Å²) in [5, 5.41) is 5.44.